The van der Waals surface area contributed by atoms with Crippen LogP contribution in [0.15, 0.2) is 79.0 Å². The van der Waals surface area contributed by atoms with Crippen molar-refractivity contribution in [3.05, 3.63) is 90.1 Å². The molecule has 0 bridgehead atoms. The number of ether oxygens (including phenoxy) is 3. The van der Waals surface area contributed by atoms with Crippen molar-refractivity contribution in [2.75, 3.05) is 6.61 Å². The van der Waals surface area contributed by atoms with Crippen LogP contribution < -0.4 is 9.47 Å². The van der Waals surface area contributed by atoms with Gasteiger partial charge in [-0.25, -0.2) is 4.79 Å². The Labute approximate surface area is 211 Å². The van der Waals surface area contributed by atoms with Crippen molar-refractivity contribution in [3.63, 3.8) is 0 Å². The Morgan fingerprint density at radius 2 is 1.72 bits per heavy atom. The topological polar surface area (TPSA) is 77.9 Å². The predicted octanol–water partition coefficient (Wildman–Crippen LogP) is 6.30. The Bertz CT molecular complexity index is 1300. The standard InChI is InChI=1S/C30H31NO5/c1-4-34-27(30(32)33)17-21-13-15-24(16-14-21)35-19-23-18-31-28-25(22-9-6-5-7-10-22)11-8-12-26(28)29(23)36-20(2)3/h5-16,18,20,27H,4,17,19H2,1-3H3,(H,32,33). The number of pyridine rings is 1. The molecule has 4 rings (SSSR count). The van der Waals surface area contributed by atoms with Crippen molar-refractivity contribution in [1.29, 1.82) is 0 Å². The lowest BCUT2D eigenvalue weighted by molar-refractivity contribution is -0.149. The summed E-state index contributed by atoms with van der Waals surface area (Å²) in [7, 11) is 0. The number of aromatic nitrogens is 1. The number of carbonyl (C=O) groups is 1. The van der Waals surface area contributed by atoms with E-state index in [0.29, 0.717) is 18.8 Å². The summed E-state index contributed by atoms with van der Waals surface area (Å²) >= 11 is 0. The second kappa shape index (κ2) is 11.7. The summed E-state index contributed by atoms with van der Waals surface area (Å²) in [6.07, 6.45) is 1.25. The molecule has 1 aromatic heterocycles. The molecule has 4 aromatic rings. The number of aliphatic carboxylic acids is 1. The third-order valence-electron chi connectivity index (χ3n) is 5.74. The van der Waals surface area contributed by atoms with Crippen LogP contribution in [0.25, 0.3) is 22.0 Å². The second-order valence-electron chi connectivity index (χ2n) is 8.77. The van der Waals surface area contributed by atoms with Gasteiger partial charge >= 0.3 is 5.97 Å². The Morgan fingerprint density at radius 1 is 0.972 bits per heavy atom. The van der Waals surface area contributed by atoms with Crippen molar-refractivity contribution >= 4 is 16.9 Å². The second-order valence-corrected chi connectivity index (χ2v) is 8.77. The van der Waals surface area contributed by atoms with Gasteiger partial charge in [0.25, 0.3) is 0 Å². The molecule has 0 aliphatic rings. The van der Waals surface area contributed by atoms with E-state index in [-0.39, 0.29) is 12.7 Å². The smallest absolute Gasteiger partial charge is 0.333 e. The Kier molecular flexibility index (Phi) is 8.18. The van der Waals surface area contributed by atoms with E-state index in [0.717, 1.165) is 38.9 Å². The Hall–Kier alpha value is -3.90. The number of nitrogens with zero attached hydrogens (tertiary/aromatic N) is 1. The zero-order valence-electron chi connectivity index (χ0n) is 20.8. The van der Waals surface area contributed by atoms with E-state index < -0.39 is 12.1 Å². The van der Waals surface area contributed by atoms with Gasteiger partial charge in [-0.15, -0.1) is 0 Å². The van der Waals surface area contributed by atoms with Gasteiger partial charge in [-0.2, -0.15) is 0 Å². The Balaban J connectivity index is 1.57. The van der Waals surface area contributed by atoms with Crippen LogP contribution in [0.3, 0.4) is 0 Å². The van der Waals surface area contributed by atoms with Gasteiger partial charge in [0.15, 0.2) is 6.10 Å². The van der Waals surface area contributed by atoms with Crippen molar-refractivity contribution in [2.45, 2.75) is 46.0 Å². The van der Waals surface area contributed by atoms with Crippen LogP contribution in [0.1, 0.15) is 31.9 Å². The number of carboxylic acids is 1. The summed E-state index contributed by atoms with van der Waals surface area (Å²) < 4.78 is 17.6. The molecule has 6 nitrogen and oxygen atoms in total. The zero-order valence-corrected chi connectivity index (χ0v) is 20.8. The average Bonchev–Trinajstić information content (AvgIpc) is 2.88. The molecule has 0 spiro atoms. The maximum absolute atomic E-state index is 11.4. The molecule has 1 unspecified atom stereocenters. The highest BCUT2D eigenvalue weighted by molar-refractivity contribution is 5.97. The molecule has 0 saturated heterocycles. The molecular formula is C30H31NO5. The lowest BCUT2D eigenvalue weighted by Crippen LogP contribution is -2.26. The highest BCUT2D eigenvalue weighted by atomic mass is 16.5. The van der Waals surface area contributed by atoms with E-state index in [9.17, 15) is 9.90 Å². The van der Waals surface area contributed by atoms with Crippen molar-refractivity contribution in [3.8, 4) is 22.6 Å². The van der Waals surface area contributed by atoms with Crippen LogP contribution in [-0.2, 0) is 22.6 Å². The van der Waals surface area contributed by atoms with Crippen molar-refractivity contribution < 1.29 is 24.1 Å². The van der Waals surface area contributed by atoms with E-state index in [1.54, 1.807) is 6.92 Å². The number of hydrogen-bond acceptors (Lipinski definition) is 5. The van der Waals surface area contributed by atoms with Crippen LogP contribution in [0.2, 0.25) is 0 Å². The molecule has 0 fully saturated rings. The summed E-state index contributed by atoms with van der Waals surface area (Å²) in [5, 5.41) is 10.3. The predicted molar refractivity (Wildman–Crippen MR) is 140 cm³/mol. The number of para-hydroxylation sites is 1. The van der Waals surface area contributed by atoms with E-state index in [1.807, 2.05) is 74.6 Å². The quantitative estimate of drug-likeness (QED) is 0.269. The van der Waals surface area contributed by atoms with E-state index in [4.69, 9.17) is 19.2 Å². The molecule has 3 aromatic carbocycles. The van der Waals surface area contributed by atoms with Gasteiger partial charge in [-0.05, 0) is 50.1 Å². The van der Waals surface area contributed by atoms with Crippen LogP contribution in [-0.4, -0.2) is 34.9 Å². The van der Waals surface area contributed by atoms with Crippen LogP contribution >= 0.6 is 0 Å². The van der Waals surface area contributed by atoms with Gasteiger partial charge in [0.1, 0.15) is 18.1 Å². The number of carboxylic acid groups (broad SMARTS) is 1. The lowest BCUT2D eigenvalue weighted by atomic mass is 10.0. The molecule has 0 saturated carbocycles. The van der Waals surface area contributed by atoms with Gasteiger partial charge in [0, 0.05) is 30.2 Å². The normalized spacial score (nSPS) is 12.0. The molecule has 6 heteroatoms. The number of benzene rings is 3. The van der Waals surface area contributed by atoms with Crippen molar-refractivity contribution in [1.82, 2.24) is 4.98 Å². The zero-order chi connectivity index (χ0) is 25.5. The minimum absolute atomic E-state index is 0.0125. The average molecular weight is 486 g/mol. The number of rotatable bonds is 11. The first-order chi connectivity index (χ1) is 17.5. The molecular weight excluding hydrogens is 454 g/mol. The maximum atomic E-state index is 11.4. The van der Waals surface area contributed by atoms with Crippen molar-refractivity contribution in [2.24, 2.45) is 0 Å². The summed E-state index contributed by atoms with van der Waals surface area (Å²) in [6.45, 7) is 6.43. The molecule has 0 radical (unpaired) electrons. The van der Waals surface area contributed by atoms with Gasteiger partial charge in [-0.3, -0.25) is 4.98 Å². The van der Waals surface area contributed by atoms with Crippen LogP contribution in [0.4, 0.5) is 0 Å². The fraction of sp³-hybridized carbons (Fsp3) is 0.267. The summed E-state index contributed by atoms with van der Waals surface area (Å²) in [6, 6.07) is 23.7. The van der Waals surface area contributed by atoms with Gasteiger partial charge in [-0.1, -0.05) is 54.6 Å². The third-order valence-corrected chi connectivity index (χ3v) is 5.74. The molecule has 1 atom stereocenters. The first kappa shape index (κ1) is 25.2. The van der Waals surface area contributed by atoms with Gasteiger partial charge in [0.05, 0.1) is 17.2 Å². The largest absolute Gasteiger partial charge is 0.490 e. The molecule has 186 valence electrons. The highest BCUT2D eigenvalue weighted by Gasteiger charge is 2.18. The molecule has 0 amide bonds. The van der Waals surface area contributed by atoms with E-state index in [1.165, 1.54) is 0 Å². The van der Waals surface area contributed by atoms with E-state index >= 15 is 0 Å². The number of fused-ring (bicyclic) bond motifs is 1. The fourth-order valence-electron chi connectivity index (χ4n) is 4.08. The monoisotopic (exact) mass is 485 g/mol. The summed E-state index contributed by atoms with van der Waals surface area (Å²) in [5.74, 6) is 0.482. The maximum Gasteiger partial charge on any atom is 0.333 e. The third kappa shape index (κ3) is 6.01. The Morgan fingerprint density at radius 3 is 2.39 bits per heavy atom. The van der Waals surface area contributed by atoms with Crippen LogP contribution in [0, 0.1) is 0 Å². The first-order valence-electron chi connectivity index (χ1n) is 12.1. The minimum Gasteiger partial charge on any atom is -0.490 e. The molecule has 1 N–H and O–H groups in total. The number of hydrogen-bond donors (Lipinski definition) is 1. The minimum atomic E-state index is -0.964. The molecule has 1 heterocycles. The lowest BCUT2D eigenvalue weighted by Gasteiger charge is -2.18. The van der Waals surface area contributed by atoms with Crippen LogP contribution in [0.5, 0.6) is 11.5 Å². The highest BCUT2D eigenvalue weighted by Crippen LogP contribution is 2.35. The molecule has 0 aliphatic heterocycles. The van der Waals surface area contributed by atoms with E-state index in [2.05, 4.69) is 18.2 Å². The summed E-state index contributed by atoms with van der Waals surface area (Å²) in [4.78, 5) is 16.1. The molecule has 0 aliphatic carbocycles. The summed E-state index contributed by atoms with van der Waals surface area (Å²) in [5.41, 5.74) is 4.76. The van der Waals surface area contributed by atoms with Gasteiger partial charge < -0.3 is 19.3 Å². The fourth-order valence-corrected chi connectivity index (χ4v) is 4.08. The first-order valence-corrected chi connectivity index (χ1v) is 12.1. The molecule has 36 heavy (non-hydrogen) atoms. The van der Waals surface area contributed by atoms with Gasteiger partial charge in [0.2, 0.25) is 0 Å². The SMILES string of the molecule is CCOC(Cc1ccc(OCc2cnc3c(-c4ccccc4)cccc3c2OC(C)C)cc1)C(=O)O.